The molecule has 0 saturated carbocycles. The molecule has 1 atom stereocenters. The Labute approximate surface area is 88.8 Å². The molecular weight excluding hydrogens is 172 g/mol. The van der Waals surface area contributed by atoms with E-state index in [-0.39, 0.29) is 0 Å². The standard InChI is InChI=1S/C12H26N2/c1-12(2,6-7-13)9-11-5-4-8-14(3)10-11/h11H,4-10,13H2,1-3H3. The molecule has 2 heteroatoms. The van der Waals surface area contributed by atoms with Crippen molar-refractivity contribution >= 4 is 0 Å². The van der Waals surface area contributed by atoms with Crippen LogP contribution in [0.25, 0.3) is 0 Å². The van der Waals surface area contributed by atoms with E-state index in [0.717, 1.165) is 18.9 Å². The highest BCUT2D eigenvalue weighted by Gasteiger charge is 2.25. The minimum Gasteiger partial charge on any atom is -0.330 e. The van der Waals surface area contributed by atoms with E-state index >= 15 is 0 Å². The molecule has 1 aliphatic heterocycles. The minimum absolute atomic E-state index is 0.442. The first kappa shape index (κ1) is 12.0. The van der Waals surface area contributed by atoms with Crippen molar-refractivity contribution in [1.82, 2.24) is 4.90 Å². The van der Waals surface area contributed by atoms with Crippen molar-refractivity contribution in [2.75, 3.05) is 26.7 Å². The lowest BCUT2D eigenvalue weighted by Crippen LogP contribution is -2.34. The summed E-state index contributed by atoms with van der Waals surface area (Å²) in [5.41, 5.74) is 6.08. The second-order valence-corrected chi connectivity index (χ2v) is 5.68. The molecule has 0 amide bonds. The summed E-state index contributed by atoms with van der Waals surface area (Å²) in [6.07, 6.45) is 5.29. The van der Waals surface area contributed by atoms with E-state index in [1.165, 1.54) is 32.4 Å². The van der Waals surface area contributed by atoms with Crippen molar-refractivity contribution in [2.24, 2.45) is 17.1 Å². The molecule has 84 valence electrons. The normalized spacial score (nSPS) is 25.3. The molecule has 0 aliphatic carbocycles. The van der Waals surface area contributed by atoms with Gasteiger partial charge in [0.15, 0.2) is 0 Å². The van der Waals surface area contributed by atoms with Gasteiger partial charge in [-0.05, 0) is 57.2 Å². The highest BCUT2D eigenvalue weighted by molar-refractivity contribution is 4.78. The van der Waals surface area contributed by atoms with Gasteiger partial charge in [0.1, 0.15) is 0 Å². The van der Waals surface area contributed by atoms with Crippen LogP contribution in [0.5, 0.6) is 0 Å². The molecular formula is C12H26N2. The van der Waals surface area contributed by atoms with E-state index in [4.69, 9.17) is 5.73 Å². The zero-order valence-electron chi connectivity index (χ0n) is 10.1. The van der Waals surface area contributed by atoms with E-state index in [0.29, 0.717) is 5.41 Å². The van der Waals surface area contributed by atoms with E-state index in [9.17, 15) is 0 Å². The van der Waals surface area contributed by atoms with Crippen molar-refractivity contribution in [1.29, 1.82) is 0 Å². The topological polar surface area (TPSA) is 29.3 Å². The summed E-state index contributed by atoms with van der Waals surface area (Å²) in [5, 5.41) is 0. The molecule has 1 fully saturated rings. The lowest BCUT2D eigenvalue weighted by molar-refractivity contribution is 0.153. The van der Waals surface area contributed by atoms with Gasteiger partial charge < -0.3 is 10.6 Å². The Hall–Kier alpha value is -0.0800. The number of hydrogen-bond donors (Lipinski definition) is 1. The van der Waals surface area contributed by atoms with Crippen molar-refractivity contribution in [3.8, 4) is 0 Å². The molecule has 0 aromatic rings. The summed E-state index contributed by atoms with van der Waals surface area (Å²) < 4.78 is 0. The Bertz CT molecular complexity index is 166. The molecule has 1 aliphatic rings. The fourth-order valence-electron chi connectivity index (χ4n) is 2.71. The van der Waals surface area contributed by atoms with Gasteiger partial charge in [0.25, 0.3) is 0 Å². The molecule has 1 unspecified atom stereocenters. The van der Waals surface area contributed by atoms with Crippen molar-refractivity contribution in [2.45, 2.75) is 39.5 Å². The lowest BCUT2D eigenvalue weighted by Gasteiger charge is -2.35. The highest BCUT2D eigenvalue weighted by atomic mass is 15.1. The fraction of sp³-hybridized carbons (Fsp3) is 1.00. The van der Waals surface area contributed by atoms with Gasteiger partial charge in [-0.25, -0.2) is 0 Å². The maximum atomic E-state index is 5.64. The predicted molar refractivity (Wildman–Crippen MR) is 62.3 cm³/mol. The van der Waals surface area contributed by atoms with Crippen LogP contribution >= 0.6 is 0 Å². The summed E-state index contributed by atoms with van der Waals surface area (Å²) in [7, 11) is 2.24. The van der Waals surface area contributed by atoms with Crippen LogP contribution in [0.3, 0.4) is 0 Å². The van der Waals surface area contributed by atoms with Gasteiger partial charge in [-0.2, -0.15) is 0 Å². The zero-order chi connectivity index (χ0) is 10.6. The number of hydrogen-bond acceptors (Lipinski definition) is 2. The molecule has 0 bridgehead atoms. The largest absolute Gasteiger partial charge is 0.330 e. The molecule has 14 heavy (non-hydrogen) atoms. The van der Waals surface area contributed by atoms with Crippen LogP contribution in [-0.4, -0.2) is 31.6 Å². The van der Waals surface area contributed by atoms with Crippen molar-refractivity contribution < 1.29 is 0 Å². The Morgan fingerprint density at radius 2 is 2.14 bits per heavy atom. The van der Waals surface area contributed by atoms with Crippen LogP contribution < -0.4 is 5.73 Å². The molecule has 0 aromatic heterocycles. The molecule has 0 spiro atoms. The Morgan fingerprint density at radius 3 is 2.71 bits per heavy atom. The first-order valence-corrected chi connectivity index (χ1v) is 5.92. The van der Waals surface area contributed by atoms with Crippen LogP contribution in [0.15, 0.2) is 0 Å². The lowest BCUT2D eigenvalue weighted by atomic mass is 9.77. The maximum absolute atomic E-state index is 5.64. The van der Waals surface area contributed by atoms with E-state index in [2.05, 4.69) is 25.8 Å². The maximum Gasteiger partial charge on any atom is 0.000681 e. The summed E-state index contributed by atoms with van der Waals surface area (Å²) in [6, 6.07) is 0. The quantitative estimate of drug-likeness (QED) is 0.749. The Morgan fingerprint density at radius 1 is 1.43 bits per heavy atom. The summed E-state index contributed by atoms with van der Waals surface area (Å²) in [4.78, 5) is 2.46. The van der Waals surface area contributed by atoms with Gasteiger partial charge in [-0.15, -0.1) is 0 Å². The smallest absolute Gasteiger partial charge is 0.000681 e. The molecule has 2 N–H and O–H groups in total. The number of nitrogens with zero attached hydrogens (tertiary/aromatic N) is 1. The number of piperidine rings is 1. The van der Waals surface area contributed by atoms with Crippen LogP contribution in [0.2, 0.25) is 0 Å². The fourth-order valence-corrected chi connectivity index (χ4v) is 2.71. The average Bonchev–Trinajstić information content (AvgIpc) is 2.02. The van der Waals surface area contributed by atoms with Crippen LogP contribution in [-0.2, 0) is 0 Å². The second-order valence-electron chi connectivity index (χ2n) is 5.68. The van der Waals surface area contributed by atoms with E-state index in [1.807, 2.05) is 0 Å². The Kier molecular flexibility index (Phi) is 4.39. The van der Waals surface area contributed by atoms with Crippen LogP contribution in [0, 0.1) is 11.3 Å². The van der Waals surface area contributed by atoms with Crippen molar-refractivity contribution in [3.63, 3.8) is 0 Å². The van der Waals surface area contributed by atoms with Crippen molar-refractivity contribution in [3.05, 3.63) is 0 Å². The summed E-state index contributed by atoms with van der Waals surface area (Å²) in [6.45, 7) is 8.11. The van der Waals surface area contributed by atoms with Crippen LogP contribution in [0.1, 0.15) is 39.5 Å². The third kappa shape index (κ3) is 3.97. The summed E-state index contributed by atoms with van der Waals surface area (Å²) in [5.74, 6) is 0.898. The number of likely N-dealkylation sites (tertiary alicyclic amines) is 1. The third-order valence-corrected chi connectivity index (χ3v) is 3.38. The SMILES string of the molecule is CN1CCCC(CC(C)(C)CCN)C1. The van der Waals surface area contributed by atoms with Gasteiger partial charge in [0, 0.05) is 6.54 Å². The zero-order valence-corrected chi connectivity index (χ0v) is 10.1. The van der Waals surface area contributed by atoms with E-state index < -0.39 is 0 Å². The third-order valence-electron chi connectivity index (χ3n) is 3.38. The highest BCUT2D eigenvalue weighted by Crippen LogP contribution is 2.32. The van der Waals surface area contributed by atoms with Gasteiger partial charge in [0.2, 0.25) is 0 Å². The molecule has 0 aromatic carbocycles. The van der Waals surface area contributed by atoms with E-state index in [1.54, 1.807) is 0 Å². The minimum atomic E-state index is 0.442. The molecule has 1 rings (SSSR count). The molecule has 1 heterocycles. The number of rotatable bonds is 4. The number of nitrogens with two attached hydrogens (primary N) is 1. The monoisotopic (exact) mass is 198 g/mol. The van der Waals surface area contributed by atoms with Gasteiger partial charge in [0.05, 0.1) is 0 Å². The van der Waals surface area contributed by atoms with Gasteiger partial charge in [-0.3, -0.25) is 0 Å². The molecule has 2 nitrogen and oxygen atoms in total. The predicted octanol–water partition coefficient (Wildman–Crippen LogP) is 2.09. The molecule has 1 saturated heterocycles. The molecule has 0 radical (unpaired) electrons. The first-order valence-electron chi connectivity index (χ1n) is 5.92. The second kappa shape index (κ2) is 5.13. The van der Waals surface area contributed by atoms with Crippen LogP contribution in [0.4, 0.5) is 0 Å². The van der Waals surface area contributed by atoms with Gasteiger partial charge in [-0.1, -0.05) is 13.8 Å². The summed E-state index contributed by atoms with van der Waals surface area (Å²) >= 11 is 0. The first-order chi connectivity index (χ1) is 6.53. The van der Waals surface area contributed by atoms with Gasteiger partial charge >= 0.3 is 0 Å². The Balaban J connectivity index is 2.34. The average molecular weight is 198 g/mol.